The van der Waals surface area contributed by atoms with Gasteiger partial charge >= 0.3 is 0 Å². The molecule has 102 valence electrons. The lowest BCUT2D eigenvalue weighted by atomic mass is 10.4. The van der Waals surface area contributed by atoms with Crippen molar-refractivity contribution in [3.63, 3.8) is 0 Å². The van der Waals surface area contributed by atoms with Crippen molar-refractivity contribution in [1.82, 2.24) is 9.97 Å². The van der Waals surface area contributed by atoms with Gasteiger partial charge in [0.2, 0.25) is 0 Å². The van der Waals surface area contributed by atoms with E-state index >= 15 is 0 Å². The summed E-state index contributed by atoms with van der Waals surface area (Å²) in [4.78, 5) is 12.1. The van der Waals surface area contributed by atoms with Crippen molar-refractivity contribution >= 4 is 34.6 Å². The fraction of sp³-hybridized carbons (Fsp3) is 0.385. The van der Waals surface area contributed by atoms with Crippen molar-refractivity contribution in [2.75, 3.05) is 23.8 Å². The van der Waals surface area contributed by atoms with E-state index in [1.165, 1.54) is 4.88 Å². The first kappa shape index (κ1) is 14.1. The van der Waals surface area contributed by atoms with E-state index in [1.807, 2.05) is 32.2 Å². The molecule has 19 heavy (non-hydrogen) atoms. The Kier molecular flexibility index (Phi) is 4.61. The molecule has 0 atom stereocenters. The van der Waals surface area contributed by atoms with Gasteiger partial charge in [-0.05, 0) is 26.0 Å². The van der Waals surface area contributed by atoms with Gasteiger partial charge in [-0.25, -0.2) is 9.97 Å². The molecule has 0 saturated carbocycles. The summed E-state index contributed by atoms with van der Waals surface area (Å²) in [5.74, 6) is 2.54. The van der Waals surface area contributed by atoms with Gasteiger partial charge in [0.15, 0.2) is 0 Å². The highest BCUT2D eigenvalue weighted by Gasteiger charge is 2.08. The molecule has 1 N–H and O–H groups in total. The van der Waals surface area contributed by atoms with Crippen molar-refractivity contribution in [3.05, 3.63) is 33.2 Å². The second-order valence-electron chi connectivity index (χ2n) is 4.25. The minimum atomic E-state index is 0.768. The number of hydrogen-bond acceptors (Lipinski definition) is 5. The number of nitrogens with one attached hydrogen (secondary N) is 1. The van der Waals surface area contributed by atoms with Crippen LogP contribution in [0.3, 0.4) is 0 Å². The van der Waals surface area contributed by atoms with Crippen LogP contribution >= 0.6 is 22.9 Å². The number of anilines is 2. The SMILES string of the molecule is CCNc1cc(N(C)Cc2ccc(Cl)s2)nc(C)n1. The van der Waals surface area contributed by atoms with Crippen LogP contribution in [0.2, 0.25) is 4.34 Å². The average Bonchev–Trinajstić information content (AvgIpc) is 2.74. The van der Waals surface area contributed by atoms with Gasteiger partial charge in [-0.15, -0.1) is 11.3 Å². The van der Waals surface area contributed by atoms with Gasteiger partial charge in [0.05, 0.1) is 10.9 Å². The van der Waals surface area contributed by atoms with E-state index in [2.05, 4.69) is 27.1 Å². The summed E-state index contributed by atoms with van der Waals surface area (Å²) in [5, 5.41) is 3.22. The lowest BCUT2D eigenvalue weighted by Gasteiger charge is -2.18. The van der Waals surface area contributed by atoms with Crippen LogP contribution in [-0.4, -0.2) is 23.6 Å². The highest BCUT2D eigenvalue weighted by Crippen LogP contribution is 2.24. The fourth-order valence-corrected chi connectivity index (χ4v) is 2.91. The Morgan fingerprint density at radius 1 is 1.37 bits per heavy atom. The van der Waals surface area contributed by atoms with Crippen molar-refractivity contribution in [2.24, 2.45) is 0 Å². The molecule has 0 spiro atoms. The molecule has 0 fully saturated rings. The van der Waals surface area contributed by atoms with Crippen LogP contribution in [0.25, 0.3) is 0 Å². The van der Waals surface area contributed by atoms with Gasteiger partial charge in [-0.3, -0.25) is 0 Å². The minimum Gasteiger partial charge on any atom is -0.370 e. The number of thiophene rings is 1. The number of hydrogen-bond donors (Lipinski definition) is 1. The van der Waals surface area contributed by atoms with E-state index in [-0.39, 0.29) is 0 Å². The molecular weight excluding hydrogens is 280 g/mol. The van der Waals surface area contributed by atoms with E-state index in [1.54, 1.807) is 11.3 Å². The molecule has 2 rings (SSSR count). The molecule has 0 unspecified atom stereocenters. The second-order valence-corrected chi connectivity index (χ2v) is 6.05. The molecule has 2 heterocycles. The Hall–Kier alpha value is -1.33. The van der Waals surface area contributed by atoms with Gasteiger partial charge < -0.3 is 10.2 Å². The highest BCUT2D eigenvalue weighted by atomic mass is 35.5. The van der Waals surface area contributed by atoms with Crippen LogP contribution in [0.1, 0.15) is 17.6 Å². The van der Waals surface area contributed by atoms with Crippen molar-refractivity contribution in [3.8, 4) is 0 Å². The molecule has 0 saturated heterocycles. The summed E-state index contributed by atoms with van der Waals surface area (Å²) in [6.45, 7) is 5.59. The maximum absolute atomic E-state index is 5.95. The Morgan fingerprint density at radius 2 is 2.16 bits per heavy atom. The zero-order valence-corrected chi connectivity index (χ0v) is 12.8. The van der Waals surface area contributed by atoms with Gasteiger partial charge in [-0.2, -0.15) is 0 Å². The predicted molar refractivity (Wildman–Crippen MR) is 82.4 cm³/mol. The quantitative estimate of drug-likeness (QED) is 0.916. The topological polar surface area (TPSA) is 41.0 Å². The zero-order valence-electron chi connectivity index (χ0n) is 11.3. The Morgan fingerprint density at radius 3 is 2.79 bits per heavy atom. The van der Waals surface area contributed by atoms with Gasteiger partial charge in [-0.1, -0.05) is 11.6 Å². The first-order valence-corrected chi connectivity index (χ1v) is 7.33. The Balaban J connectivity index is 2.15. The van der Waals surface area contributed by atoms with E-state index in [4.69, 9.17) is 11.6 Å². The normalized spacial score (nSPS) is 10.5. The number of aromatic nitrogens is 2. The standard InChI is InChI=1S/C13H17ClN4S/c1-4-15-12-7-13(17-9(2)16-12)18(3)8-10-5-6-11(14)19-10/h5-7H,4,8H2,1-3H3,(H,15,16,17). The third-order valence-electron chi connectivity index (χ3n) is 2.60. The highest BCUT2D eigenvalue weighted by molar-refractivity contribution is 7.16. The van der Waals surface area contributed by atoms with E-state index < -0.39 is 0 Å². The fourth-order valence-electron chi connectivity index (χ4n) is 1.77. The van der Waals surface area contributed by atoms with Gasteiger partial charge in [0, 0.05) is 24.5 Å². The van der Waals surface area contributed by atoms with Crippen LogP contribution in [-0.2, 0) is 6.54 Å². The summed E-state index contributed by atoms with van der Waals surface area (Å²) in [6.07, 6.45) is 0. The molecule has 0 radical (unpaired) electrons. The summed E-state index contributed by atoms with van der Waals surface area (Å²) in [7, 11) is 2.02. The van der Waals surface area contributed by atoms with E-state index in [9.17, 15) is 0 Å². The monoisotopic (exact) mass is 296 g/mol. The van der Waals surface area contributed by atoms with Crippen LogP contribution < -0.4 is 10.2 Å². The van der Waals surface area contributed by atoms with Crippen LogP contribution in [0.5, 0.6) is 0 Å². The lowest BCUT2D eigenvalue weighted by molar-refractivity contribution is 0.890. The summed E-state index contributed by atoms with van der Waals surface area (Å²) >= 11 is 7.54. The zero-order chi connectivity index (χ0) is 13.8. The first-order chi connectivity index (χ1) is 9.08. The molecule has 0 amide bonds. The van der Waals surface area contributed by atoms with Crippen LogP contribution in [0, 0.1) is 6.92 Å². The number of rotatable bonds is 5. The average molecular weight is 297 g/mol. The molecule has 0 aliphatic heterocycles. The third kappa shape index (κ3) is 3.81. The van der Waals surface area contributed by atoms with Crippen molar-refractivity contribution < 1.29 is 0 Å². The van der Waals surface area contributed by atoms with Crippen LogP contribution in [0.4, 0.5) is 11.6 Å². The summed E-state index contributed by atoms with van der Waals surface area (Å²) < 4.78 is 0.815. The second kappa shape index (κ2) is 6.21. The number of halogens is 1. The molecule has 6 heteroatoms. The smallest absolute Gasteiger partial charge is 0.134 e. The molecule has 2 aromatic heterocycles. The van der Waals surface area contributed by atoms with E-state index in [0.717, 1.165) is 34.9 Å². The molecule has 0 aliphatic carbocycles. The van der Waals surface area contributed by atoms with Gasteiger partial charge in [0.25, 0.3) is 0 Å². The predicted octanol–water partition coefficient (Wildman–Crippen LogP) is 3.57. The molecule has 2 aromatic rings. The minimum absolute atomic E-state index is 0.768. The molecular formula is C13H17ClN4S. The molecule has 0 aromatic carbocycles. The molecule has 0 aliphatic rings. The molecule has 0 bridgehead atoms. The lowest BCUT2D eigenvalue weighted by Crippen LogP contribution is -2.18. The summed E-state index contributed by atoms with van der Waals surface area (Å²) in [6, 6.07) is 5.93. The van der Waals surface area contributed by atoms with Crippen molar-refractivity contribution in [1.29, 1.82) is 0 Å². The number of aryl methyl sites for hydroxylation is 1. The number of nitrogens with zero attached hydrogens (tertiary/aromatic N) is 3. The van der Waals surface area contributed by atoms with Crippen LogP contribution in [0.15, 0.2) is 18.2 Å². The Bertz CT molecular complexity index is 555. The van der Waals surface area contributed by atoms with Gasteiger partial charge in [0.1, 0.15) is 17.5 Å². The first-order valence-electron chi connectivity index (χ1n) is 6.13. The maximum Gasteiger partial charge on any atom is 0.134 e. The Labute approximate surface area is 122 Å². The summed E-state index contributed by atoms with van der Waals surface area (Å²) in [5.41, 5.74) is 0. The largest absolute Gasteiger partial charge is 0.370 e. The maximum atomic E-state index is 5.95. The van der Waals surface area contributed by atoms with Crippen molar-refractivity contribution in [2.45, 2.75) is 20.4 Å². The third-order valence-corrected chi connectivity index (χ3v) is 3.81. The van der Waals surface area contributed by atoms with E-state index in [0.29, 0.717) is 0 Å². The molecule has 4 nitrogen and oxygen atoms in total.